The van der Waals surface area contributed by atoms with Gasteiger partial charge in [0.1, 0.15) is 11.2 Å². The molecule has 0 spiro atoms. The van der Waals surface area contributed by atoms with Gasteiger partial charge >= 0.3 is 12.2 Å². The Morgan fingerprint density at radius 1 is 0.958 bits per heavy atom. The van der Waals surface area contributed by atoms with Crippen molar-refractivity contribution < 1.29 is 19.1 Å². The fraction of sp³-hybridized carbons (Fsp3) is 0.556. The first-order valence-electron chi connectivity index (χ1n) is 8.09. The van der Waals surface area contributed by atoms with E-state index >= 15 is 0 Å². The largest absolute Gasteiger partial charge is 0.443 e. The van der Waals surface area contributed by atoms with Crippen LogP contribution in [0.5, 0.6) is 0 Å². The zero-order valence-corrected chi connectivity index (χ0v) is 15.2. The smallest absolute Gasteiger partial charge is 0.434 e. The Balaban J connectivity index is 2.22. The lowest BCUT2D eigenvalue weighted by Crippen LogP contribution is -2.50. The van der Waals surface area contributed by atoms with Crippen LogP contribution in [-0.4, -0.2) is 23.4 Å². The summed E-state index contributed by atoms with van der Waals surface area (Å²) >= 11 is 0. The van der Waals surface area contributed by atoms with Crippen LogP contribution in [-0.2, 0) is 22.3 Å². The molecule has 0 atom stereocenters. The van der Waals surface area contributed by atoms with E-state index in [0.717, 1.165) is 17.9 Å². The van der Waals surface area contributed by atoms with E-state index < -0.39 is 23.4 Å². The fourth-order valence-electron chi connectivity index (χ4n) is 2.24. The highest BCUT2D eigenvalue weighted by atomic mass is 16.6. The molecule has 24 heavy (non-hydrogen) atoms. The summed E-state index contributed by atoms with van der Waals surface area (Å²) in [5.41, 5.74) is 4.13. The number of nitrogens with one attached hydrogen (secondary N) is 1. The first-order valence-corrected chi connectivity index (χ1v) is 8.09. The molecule has 1 aromatic rings. The second-order valence-corrected chi connectivity index (χ2v) is 7.88. The third kappa shape index (κ3) is 4.88. The predicted octanol–water partition coefficient (Wildman–Crippen LogP) is 3.97. The maximum absolute atomic E-state index is 12.5. The summed E-state index contributed by atoms with van der Waals surface area (Å²) in [5, 5.41) is 1.10. The van der Waals surface area contributed by atoms with Gasteiger partial charge in [-0.05, 0) is 77.6 Å². The van der Waals surface area contributed by atoms with Gasteiger partial charge in [0, 0.05) is 0 Å². The SMILES string of the molecule is CC(C)(C)OC(=O)NN(C(=O)OC(C)(C)C)c1ccc2c(c1)CC2. The van der Waals surface area contributed by atoms with Crippen molar-refractivity contribution >= 4 is 17.9 Å². The minimum absolute atomic E-state index is 0.550. The molecule has 132 valence electrons. The molecule has 2 rings (SSSR count). The molecule has 6 nitrogen and oxygen atoms in total. The third-order valence-corrected chi connectivity index (χ3v) is 3.29. The highest BCUT2D eigenvalue weighted by Gasteiger charge is 2.28. The van der Waals surface area contributed by atoms with Crippen molar-refractivity contribution in [2.75, 3.05) is 5.01 Å². The van der Waals surface area contributed by atoms with Crippen molar-refractivity contribution in [2.45, 2.75) is 65.6 Å². The maximum atomic E-state index is 12.5. The van der Waals surface area contributed by atoms with Gasteiger partial charge in [0.15, 0.2) is 0 Å². The van der Waals surface area contributed by atoms with Crippen molar-refractivity contribution in [1.82, 2.24) is 5.43 Å². The van der Waals surface area contributed by atoms with Gasteiger partial charge in [0.05, 0.1) is 5.69 Å². The van der Waals surface area contributed by atoms with Gasteiger partial charge in [-0.2, -0.15) is 5.01 Å². The van der Waals surface area contributed by atoms with Crippen LogP contribution < -0.4 is 10.4 Å². The summed E-state index contributed by atoms with van der Waals surface area (Å²) in [5.74, 6) is 0. The molecule has 0 unspecified atom stereocenters. The van der Waals surface area contributed by atoms with Crippen LogP contribution in [0.15, 0.2) is 18.2 Å². The molecule has 1 aromatic carbocycles. The normalized spacial score (nSPS) is 13.4. The molecule has 0 heterocycles. The van der Waals surface area contributed by atoms with Crippen LogP contribution in [0, 0.1) is 0 Å². The van der Waals surface area contributed by atoms with E-state index in [-0.39, 0.29) is 0 Å². The monoisotopic (exact) mass is 334 g/mol. The number of hydrogen-bond donors (Lipinski definition) is 1. The quantitative estimate of drug-likeness (QED) is 0.789. The number of carbonyl (C=O) groups is 2. The van der Waals surface area contributed by atoms with Gasteiger partial charge in [-0.1, -0.05) is 6.07 Å². The van der Waals surface area contributed by atoms with Crippen molar-refractivity contribution in [2.24, 2.45) is 0 Å². The van der Waals surface area contributed by atoms with Crippen LogP contribution in [0.4, 0.5) is 15.3 Å². The molecule has 0 saturated heterocycles. The van der Waals surface area contributed by atoms with Crippen molar-refractivity contribution in [3.63, 3.8) is 0 Å². The summed E-state index contributed by atoms with van der Waals surface area (Å²) in [6.07, 6.45) is 0.642. The minimum Gasteiger partial charge on any atom is -0.443 e. The third-order valence-electron chi connectivity index (χ3n) is 3.29. The average Bonchev–Trinajstić information content (AvgIpc) is 2.33. The summed E-state index contributed by atoms with van der Waals surface area (Å²) in [7, 11) is 0. The van der Waals surface area contributed by atoms with Crippen LogP contribution >= 0.6 is 0 Å². The standard InChI is InChI=1S/C18H26N2O4/c1-17(2,3)23-15(21)19-20(16(22)24-18(4,5)6)14-10-9-12-7-8-13(12)11-14/h9-11H,7-8H2,1-6H3,(H,19,21). The number of ether oxygens (including phenoxy) is 2. The second-order valence-electron chi connectivity index (χ2n) is 7.88. The zero-order valence-electron chi connectivity index (χ0n) is 15.2. The number of hydrazine groups is 1. The molecule has 0 radical (unpaired) electrons. The number of aryl methyl sites for hydroxylation is 2. The highest BCUT2D eigenvalue weighted by molar-refractivity contribution is 5.91. The van der Waals surface area contributed by atoms with E-state index in [9.17, 15) is 9.59 Å². The summed E-state index contributed by atoms with van der Waals surface area (Å²) in [6.45, 7) is 10.6. The number of carbonyl (C=O) groups excluding carboxylic acids is 2. The van der Waals surface area contributed by atoms with E-state index in [1.165, 1.54) is 11.1 Å². The summed E-state index contributed by atoms with van der Waals surface area (Å²) in [4.78, 5) is 24.6. The molecule has 1 aliphatic carbocycles. The van der Waals surface area contributed by atoms with Crippen LogP contribution in [0.1, 0.15) is 52.7 Å². The number of fused-ring (bicyclic) bond motifs is 1. The number of hydrogen-bond acceptors (Lipinski definition) is 4. The van der Waals surface area contributed by atoms with E-state index in [1.54, 1.807) is 47.6 Å². The van der Waals surface area contributed by atoms with Crippen molar-refractivity contribution in [3.05, 3.63) is 29.3 Å². The molecule has 0 aliphatic heterocycles. The molecular weight excluding hydrogens is 308 g/mol. The molecule has 0 aromatic heterocycles. The molecule has 1 N–H and O–H groups in total. The Morgan fingerprint density at radius 2 is 1.54 bits per heavy atom. The fourth-order valence-corrected chi connectivity index (χ4v) is 2.24. The van der Waals surface area contributed by atoms with E-state index in [0.29, 0.717) is 5.69 Å². The number of rotatable bonds is 1. The van der Waals surface area contributed by atoms with E-state index in [1.807, 2.05) is 12.1 Å². The van der Waals surface area contributed by atoms with Gasteiger partial charge in [-0.3, -0.25) is 0 Å². The highest BCUT2D eigenvalue weighted by Crippen LogP contribution is 2.28. The Labute approximate surface area is 143 Å². The van der Waals surface area contributed by atoms with Gasteiger partial charge < -0.3 is 9.47 Å². The van der Waals surface area contributed by atoms with Gasteiger partial charge in [-0.25, -0.2) is 15.0 Å². The topological polar surface area (TPSA) is 67.9 Å². The van der Waals surface area contributed by atoms with Gasteiger partial charge in [0.25, 0.3) is 0 Å². The molecule has 0 bridgehead atoms. The van der Waals surface area contributed by atoms with Crippen LogP contribution in [0.2, 0.25) is 0 Å². The van der Waals surface area contributed by atoms with Gasteiger partial charge in [-0.15, -0.1) is 0 Å². The van der Waals surface area contributed by atoms with Crippen molar-refractivity contribution in [1.29, 1.82) is 0 Å². The molecule has 0 saturated carbocycles. The molecular formula is C18H26N2O4. The summed E-state index contributed by atoms with van der Waals surface area (Å²) in [6, 6.07) is 5.64. The molecule has 2 amide bonds. The Bertz CT molecular complexity index is 641. The molecule has 6 heteroatoms. The summed E-state index contributed by atoms with van der Waals surface area (Å²) < 4.78 is 10.6. The van der Waals surface area contributed by atoms with Crippen molar-refractivity contribution in [3.8, 4) is 0 Å². The Hall–Kier alpha value is -2.24. The minimum atomic E-state index is -0.712. The first kappa shape index (κ1) is 18.1. The Morgan fingerprint density at radius 3 is 2.00 bits per heavy atom. The van der Waals surface area contributed by atoms with Crippen LogP contribution in [0.25, 0.3) is 0 Å². The number of nitrogens with zero attached hydrogens (tertiary/aromatic N) is 1. The average molecular weight is 334 g/mol. The first-order chi connectivity index (χ1) is 10.9. The lowest BCUT2D eigenvalue weighted by molar-refractivity contribution is 0.0425. The number of anilines is 1. The maximum Gasteiger partial charge on any atom is 0.434 e. The number of amides is 2. The lowest BCUT2D eigenvalue weighted by Gasteiger charge is -2.30. The van der Waals surface area contributed by atoms with Crippen LogP contribution in [0.3, 0.4) is 0 Å². The van der Waals surface area contributed by atoms with Gasteiger partial charge in [0.2, 0.25) is 0 Å². The molecule has 1 aliphatic rings. The second kappa shape index (κ2) is 6.34. The van der Waals surface area contributed by atoms with E-state index in [2.05, 4.69) is 5.43 Å². The predicted molar refractivity (Wildman–Crippen MR) is 91.9 cm³/mol. The Kier molecular flexibility index (Phi) is 4.78. The lowest BCUT2D eigenvalue weighted by atomic mass is 9.88. The molecule has 0 fully saturated rings. The number of benzene rings is 1. The zero-order chi connectivity index (χ0) is 18.1. The van der Waals surface area contributed by atoms with E-state index in [4.69, 9.17) is 9.47 Å².